The van der Waals surface area contributed by atoms with Crippen LogP contribution in [0.3, 0.4) is 0 Å². The summed E-state index contributed by atoms with van der Waals surface area (Å²) in [6, 6.07) is 14.9. The van der Waals surface area contributed by atoms with Crippen LogP contribution >= 0.6 is 0 Å². The molecule has 1 N–H and O–H groups in total. The summed E-state index contributed by atoms with van der Waals surface area (Å²) in [5.41, 5.74) is 2.43. The van der Waals surface area contributed by atoms with Crippen molar-refractivity contribution in [3.63, 3.8) is 0 Å². The lowest BCUT2D eigenvalue weighted by atomic mass is 9.99. The molecule has 1 heterocycles. The summed E-state index contributed by atoms with van der Waals surface area (Å²) >= 11 is 0. The standard InChI is InChI=1S/C19H22FNO2/c20-18-6-4-16(5-7-18)17-8-9-21(14-17)13-15-2-1-3-19(12-15)23-11-10-22/h1-7,12,17,22H,8-11,13-14H2. The number of rotatable bonds is 6. The van der Waals surface area contributed by atoms with Gasteiger partial charge >= 0.3 is 0 Å². The van der Waals surface area contributed by atoms with Crippen LogP contribution in [0, 0.1) is 5.82 Å². The van der Waals surface area contributed by atoms with Gasteiger partial charge in [-0.25, -0.2) is 4.39 Å². The maximum absolute atomic E-state index is 13.0. The fourth-order valence-electron chi connectivity index (χ4n) is 3.14. The van der Waals surface area contributed by atoms with E-state index in [1.54, 1.807) is 12.1 Å². The first-order chi connectivity index (χ1) is 11.2. The Bertz CT molecular complexity index is 630. The predicted molar refractivity (Wildman–Crippen MR) is 88.1 cm³/mol. The summed E-state index contributed by atoms with van der Waals surface area (Å²) in [6.45, 7) is 3.26. The number of nitrogens with zero attached hydrogens (tertiary/aromatic N) is 1. The van der Waals surface area contributed by atoms with E-state index >= 15 is 0 Å². The highest BCUT2D eigenvalue weighted by molar-refractivity contribution is 5.29. The zero-order valence-corrected chi connectivity index (χ0v) is 13.1. The van der Waals surface area contributed by atoms with Crippen LogP contribution in [0.1, 0.15) is 23.5 Å². The van der Waals surface area contributed by atoms with Gasteiger partial charge in [-0.05, 0) is 54.3 Å². The molecule has 2 aromatic rings. The van der Waals surface area contributed by atoms with Gasteiger partial charge in [-0.2, -0.15) is 0 Å². The molecule has 1 atom stereocenters. The third-order valence-electron chi connectivity index (χ3n) is 4.28. The van der Waals surface area contributed by atoms with Crippen LogP contribution in [-0.4, -0.2) is 36.3 Å². The number of likely N-dealkylation sites (tertiary alicyclic amines) is 1. The van der Waals surface area contributed by atoms with Crippen molar-refractivity contribution in [3.8, 4) is 5.75 Å². The van der Waals surface area contributed by atoms with E-state index in [1.807, 2.05) is 30.3 Å². The number of hydrogen-bond donors (Lipinski definition) is 1. The average Bonchev–Trinajstić information content (AvgIpc) is 3.02. The van der Waals surface area contributed by atoms with Crippen LogP contribution in [0.5, 0.6) is 5.75 Å². The molecule has 122 valence electrons. The summed E-state index contributed by atoms with van der Waals surface area (Å²) in [7, 11) is 0. The van der Waals surface area contributed by atoms with E-state index in [0.717, 1.165) is 31.8 Å². The molecule has 0 spiro atoms. The Morgan fingerprint density at radius 2 is 2.00 bits per heavy atom. The summed E-state index contributed by atoms with van der Waals surface area (Å²) in [6.07, 6.45) is 1.10. The summed E-state index contributed by atoms with van der Waals surface area (Å²) in [4.78, 5) is 2.42. The molecule has 0 aromatic heterocycles. The molecule has 1 aliphatic heterocycles. The van der Waals surface area contributed by atoms with Crippen LogP contribution in [0.15, 0.2) is 48.5 Å². The third-order valence-corrected chi connectivity index (χ3v) is 4.28. The zero-order chi connectivity index (χ0) is 16.1. The van der Waals surface area contributed by atoms with Crippen LogP contribution < -0.4 is 4.74 Å². The monoisotopic (exact) mass is 315 g/mol. The molecular formula is C19H22FNO2. The van der Waals surface area contributed by atoms with E-state index < -0.39 is 0 Å². The Morgan fingerprint density at radius 3 is 2.78 bits per heavy atom. The fourth-order valence-corrected chi connectivity index (χ4v) is 3.14. The molecule has 1 fully saturated rings. The highest BCUT2D eigenvalue weighted by Crippen LogP contribution is 2.28. The Hall–Kier alpha value is -1.91. The van der Waals surface area contributed by atoms with Gasteiger partial charge in [0.25, 0.3) is 0 Å². The molecule has 3 nitrogen and oxygen atoms in total. The number of aliphatic hydroxyl groups excluding tert-OH is 1. The van der Waals surface area contributed by atoms with Crippen molar-refractivity contribution >= 4 is 0 Å². The first-order valence-electron chi connectivity index (χ1n) is 8.05. The van der Waals surface area contributed by atoms with Crippen LogP contribution in [0.4, 0.5) is 4.39 Å². The van der Waals surface area contributed by atoms with E-state index in [2.05, 4.69) is 11.0 Å². The fraction of sp³-hybridized carbons (Fsp3) is 0.368. The van der Waals surface area contributed by atoms with Gasteiger partial charge in [0, 0.05) is 13.1 Å². The quantitative estimate of drug-likeness (QED) is 0.888. The number of halogens is 1. The minimum Gasteiger partial charge on any atom is -0.491 e. The summed E-state index contributed by atoms with van der Waals surface area (Å²) in [5.74, 6) is 1.10. The molecule has 0 bridgehead atoms. The third kappa shape index (κ3) is 4.30. The zero-order valence-electron chi connectivity index (χ0n) is 13.1. The number of benzene rings is 2. The van der Waals surface area contributed by atoms with Gasteiger partial charge in [-0.15, -0.1) is 0 Å². The molecule has 1 aliphatic rings. The highest BCUT2D eigenvalue weighted by Gasteiger charge is 2.23. The topological polar surface area (TPSA) is 32.7 Å². The lowest BCUT2D eigenvalue weighted by Gasteiger charge is -2.17. The molecule has 4 heteroatoms. The number of hydrogen-bond acceptors (Lipinski definition) is 3. The largest absolute Gasteiger partial charge is 0.491 e. The Balaban J connectivity index is 1.58. The molecule has 1 saturated heterocycles. The maximum atomic E-state index is 13.0. The van der Waals surface area contributed by atoms with Crippen molar-refractivity contribution in [2.75, 3.05) is 26.3 Å². The molecule has 23 heavy (non-hydrogen) atoms. The summed E-state index contributed by atoms with van der Waals surface area (Å²) in [5, 5.41) is 8.82. The molecule has 0 radical (unpaired) electrons. The second-order valence-electron chi connectivity index (χ2n) is 5.99. The van der Waals surface area contributed by atoms with Crippen LogP contribution in [0.25, 0.3) is 0 Å². The minimum absolute atomic E-state index is 0.0235. The Morgan fingerprint density at radius 1 is 1.17 bits per heavy atom. The SMILES string of the molecule is OCCOc1cccc(CN2CCC(c3ccc(F)cc3)C2)c1. The Labute approximate surface area is 136 Å². The highest BCUT2D eigenvalue weighted by atomic mass is 19.1. The van der Waals surface area contributed by atoms with Crippen LogP contribution in [0.2, 0.25) is 0 Å². The average molecular weight is 315 g/mol. The van der Waals surface area contributed by atoms with Crippen molar-refractivity contribution in [2.24, 2.45) is 0 Å². The summed E-state index contributed by atoms with van der Waals surface area (Å²) < 4.78 is 18.5. The second-order valence-corrected chi connectivity index (χ2v) is 5.99. The van der Waals surface area contributed by atoms with Crippen molar-refractivity contribution in [1.82, 2.24) is 4.90 Å². The molecule has 0 saturated carbocycles. The van der Waals surface area contributed by atoms with Gasteiger partial charge in [-0.3, -0.25) is 4.90 Å². The van der Waals surface area contributed by atoms with Gasteiger partial charge in [-0.1, -0.05) is 24.3 Å². The molecule has 2 aromatic carbocycles. The Kier molecular flexibility index (Phi) is 5.26. The van der Waals surface area contributed by atoms with Crippen LogP contribution in [-0.2, 0) is 6.54 Å². The minimum atomic E-state index is -0.178. The van der Waals surface area contributed by atoms with Gasteiger partial charge < -0.3 is 9.84 Å². The van der Waals surface area contributed by atoms with E-state index in [9.17, 15) is 4.39 Å². The second kappa shape index (κ2) is 7.57. The molecule has 1 unspecified atom stereocenters. The van der Waals surface area contributed by atoms with E-state index in [0.29, 0.717) is 12.5 Å². The normalized spacial score (nSPS) is 18.3. The van der Waals surface area contributed by atoms with Gasteiger partial charge in [0.2, 0.25) is 0 Å². The number of aliphatic hydroxyl groups is 1. The van der Waals surface area contributed by atoms with Gasteiger partial charge in [0.05, 0.1) is 6.61 Å². The number of ether oxygens (including phenoxy) is 1. The van der Waals surface area contributed by atoms with Gasteiger partial charge in [0.15, 0.2) is 0 Å². The lowest BCUT2D eigenvalue weighted by molar-refractivity contribution is 0.201. The van der Waals surface area contributed by atoms with E-state index in [-0.39, 0.29) is 12.4 Å². The maximum Gasteiger partial charge on any atom is 0.123 e. The van der Waals surface area contributed by atoms with Crippen molar-refractivity contribution in [2.45, 2.75) is 18.9 Å². The lowest BCUT2D eigenvalue weighted by Crippen LogP contribution is -2.19. The van der Waals surface area contributed by atoms with Gasteiger partial charge in [0.1, 0.15) is 18.2 Å². The van der Waals surface area contributed by atoms with Crippen molar-refractivity contribution in [1.29, 1.82) is 0 Å². The van der Waals surface area contributed by atoms with Crippen molar-refractivity contribution in [3.05, 3.63) is 65.5 Å². The smallest absolute Gasteiger partial charge is 0.123 e. The first kappa shape index (κ1) is 16.0. The molecule has 3 rings (SSSR count). The molecule has 0 aliphatic carbocycles. The first-order valence-corrected chi connectivity index (χ1v) is 8.05. The van der Waals surface area contributed by atoms with E-state index in [4.69, 9.17) is 9.84 Å². The van der Waals surface area contributed by atoms with Crippen molar-refractivity contribution < 1.29 is 14.2 Å². The predicted octanol–water partition coefficient (Wildman–Crippen LogP) is 3.19. The molecule has 0 amide bonds. The van der Waals surface area contributed by atoms with E-state index in [1.165, 1.54) is 11.1 Å². The molecular weight excluding hydrogens is 293 g/mol.